The quantitative estimate of drug-likeness (QED) is 0.618. The minimum Gasteiger partial charge on any atom is -0.478 e. The molecule has 0 unspecified atom stereocenters. The van der Waals surface area contributed by atoms with Crippen molar-refractivity contribution >= 4 is 17.7 Å². The lowest BCUT2D eigenvalue weighted by Crippen LogP contribution is -2.25. The van der Waals surface area contributed by atoms with E-state index in [1.807, 2.05) is 31.2 Å². The molecule has 96 valence electrons. The molecule has 3 heteroatoms. The molecule has 0 atom stereocenters. The van der Waals surface area contributed by atoms with E-state index in [0.29, 0.717) is 0 Å². The van der Waals surface area contributed by atoms with Crippen molar-refractivity contribution in [2.75, 3.05) is 18.0 Å². The zero-order chi connectivity index (χ0) is 13.5. The summed E-state index contributed by atoms with van der Waals surface area (Å²) in [4.78, 5) is 12.8. The maximum Gasteiger partial charge on any atom is 0.328 e. The van der Waals surface area contributed by atoms with Crippen molar-refractivity contribution in [3.8, 4) is 0 Å². The van der Waals surface area contributed by atoms with Crippen LogP contribution in [0.4, 0.5) is 5.69 Å². The van der Waals surface area contributed by atoms with Crippen LogP contribution in [0, 0.1) is 0 Å². The molecule has 0 saturated heterocycles. The molecule has 0 bridgehead atoms. The van der Waals surface area contributed by atoms with Crippen LogP contribution in [0.25, 0.3) is 6.08 Å². The maximum absolute atomic E-state index is 10.6. The number of aliphatic carboxylic acids is 1. The number of para-hydroxylation sites is 1. The Balaban J connectivity index is 3.06. The standard InChI is InChI=1S/C15H19NO2/c1-4-16(11-12(2)3)14-8-6-5-7-13(14)9-10-15(17)18/h5-10H,2,4,11H2,1,3H3,(H,17,18)/b10-9+. The Morgan fingerprint density at radius 2 is 2.11 bits per heavy atom. The lowest BCUT2D eigenvalue weighted by Gasteiger charge is -2.25. The number of likely N-dealkylation sites (N-methyl/N-ethyl adjacent to an activating group) is 1. The summed E-state index contributed by atoms with van der Waals surface area (Å²) >= 11 is 0. The van der Waals surface area contributed by atoms with E-state index in [9.17, 15) is 4.79 Å². The van der Waals surface area contributed by atoms with Crippen molar-refractivity contribution in [1.29, 1.82) is 0 Å². The minimum atomic E-state index is -0.937. The van der Waals surface area contributed by atoms with Crippen LogP contribution in [0.3, 0.4) is 0 Å². The molecule has 0 aliphatic rings. The van der Waals surface area contributed by atoms with E-state index in [0.717, 1.165) is 36.0 Å². The molecule has 0 aliphatic heterocycles. The predicted molar refractivity (Wildman–Crippen MR) is 75.8 cm³/mol. The van der Waals surface area contributed by atoms with Crippen LogP contribution < -0.4 is 4.90 Å². The van der Waals surface area contributed by atoms with Gasteiger partial charge in [-0.15, -0.1) is 0 Å². The van der Waals surface area contributed by atoms with Crippen LogP contribution in [0.15, 0.2) is 42.5 Å². The molecule has 0 saturated carbocycles. The first-order chi connectivity index (χ1) is 8.54. The summed E-state index contributed by atoms with van der Waals surface area (Å²) in [6.45, 7) is 9.60. The van der Waals surface area contributed by atoms with Crippen LogP contribution in [-0.2, 0) is 4.79 Å². The summed E-state index contributed by atoms with van der Waals surface area (Å²) in [6, 6.07) is 7.76. The zero-order valence-electron chi connectivity index (χ0n) is 10.9. The molecule has 0 amide bonds. The van der Waals surface area contributed by atoms with Gasteiger partial charge < -0.3 is 10.0 Å². The van der Waals surface area contributed by atoms with Gasteiger partial charge in [-0.2, -0.15) is 0 Å². The van der Waals surface area contributed by atoms with Crippen molar-refractivity contribution in [3.05, 3.63) is 48.1 Å². The normalized spacial score (nSPS) is 10.6. The third-order valence-electron chi connectivity index (χ3n) is 2.53. The first-order valence-corrected chi connectivity index (χ1v) is 5.94. The number of hydrogen-bond acceptors (Lipinski definition) is 2. The molecule has 3 nitrogen and oxygen atoms in total. The Bertz CT molecular complexity index is 463. The Labute approximate surface area is 108 Å². The molecule has 1 rings (SSSR count). The smallest absolute Gasteiger partial charge is 0.328 e. The number of hydrogen-bond donors (Lipinski definition) is 1. The predicted octanol–water partition coefficient (Wildman–Crippen LogP) is 3.19. The van der Waals surface area contributed by atoms with Gasteiger partial charge in [0.1, 0.15) is 0 Å². The van der Waals surface area contributed by atoms with Crippen molar-refractivity contribution in [2.45, 2.75) is 13.8 Å². The fourth-order valence-electron chi connectivity index (χ4n) is 1.77. The molecule has 0 fully saturated rings. The van der Waals surface area contributed by atoms with E-state index < -0.39 is 5.97 Å². The molecule has 1 aromatic rings. The van der Waals surface area contributed by atoms with Crippen molar-refractivity contribution in [3.63, 3.8) is 0 Å². The summed E-state index contributed by atoms with van der Waals surface area (Å²) in [5.41, 5.74) is 3.01. The maximum atomic E-state index is 10.6. The number of carboxylic acid groups (broad SMARTS) is 1. The van der Waals surface area contributed by atoms with E-state index in [-0.39, 0.29) is 0 Å². The summed E-state index contributed by atoms with van der Waals surface area (Å²) < 4.78 is 0. The molecule has 0 radical (unpaired) electrons. The SMILES string of the molecule is C=C(C)CN(CC)c1ccccc1/C=C/C(=O)O. The summed E-state index contributed by atoms with van der Waals surface area (Å²) in [7, 11) is 0. The van der Waals surface area contributed by atoms with Gasteiger partial charge in [-0.3, -0.25) is 0 Å². The zero-order valence-corrected chi connectivity index (χ0v) is 10.9. The third kappa shape index (κ3) is 4.09. The Morgan fingerprint density at radius 1 is 1.44 bits per heavy atom. The molecule has 0 aromatic heterocycles. The van der Waals surface area contributed by atoms with Gasteiger partial charge in [0.05, 0.1) is 0 Å². The van der Waals surface area contributed by atoms with E-state index >= 15 is 0 Å². The van der Waals surface area contributed by atoms with E-state index in [1.165, 1.54) is 0 Å². The van der Waals surface area contributed by atoms with Crippen molar-refractivity contribution in [1.82, 2.24) is 0 Å². The Kier molecular flexibility index (Phi) is 5.18. The highest BCUT2D eigenvalue weighted by atomic mass is 16.4. The number of benzene rings is 1. The molecule has 1 N–H and O–H groups in total. The van der Waals surface area contributed by atoms with Crippen LogP contribution in [0.2, 0.25) is 0 Å². The minimum absolute atomic E-state index is 0.772. The van der Waals surface area contributed by atoms with Gasteiger partial charge in [-0.1, -0.05) is 30.4 Å². The second-order valence-electron chi connectivity index (χ2n) is 4.20. The van der Waals surface area contributed by atoms with E-state index in [1.54, 1.807) is 6.08 Å². The highest BCUT2D eigenvalue weighted by Gasteiger charge is 2.07. The monoisotopic (exact) mass is 245 g/mol. The van der Waals surface area contributed by atoms with Gasteiger partial charge >= 0.3 is 5.97 Å². The second-order valence-corrected chi connectivity index (χ2v) is 4.20. The van der Waals surface area contributed by atoms with Gasteiger partial charge in [0.25, 0.3) is 0 Å². The van der Waals surface area contributed by atoms with Gasteiger partial charge in [0.2, 0.25) is 0 Å². The van der Waals surface area contributed by atoms with E-state index in [2.05, 4.69) is 18.4 Å². The average molecular weight is 245 g/mol. The molecule has 1 aromatic carbocycles. The van der Waals surface area contributed by atoms with Gasteiger partial charge in [0, 0.05) is 24.9 Å². The molecular weight excluding hydrogens is 226 g/mol. The lowest BCUT2D eigenvalue weighted by atomic mass is 10.1. The first kappa shape index (κ1) is 14.0. The number of rotatable bonds is 6. The summed E-state index contributed by atoms with van der Waals surface area (Å²) in [5, 5.41) is 8.69. The largest absolute Gasteiger partial charge is 0.478 e. The summed E-state index contributed by atoms with van der Waals surface area (Å²) in [6.07, 6.45) is 2.78. The number of carbonyl (C=O) groups is 1. The molecular formula is C15H19NO2. The van der Waals surface area contributed by atoms with Crippen LogP contribution in [0.1, 0.15) is 19.4 Å². The Morgan fingerprint density at radius 3 is 2.67 bits per heavy atom. The number of carboxylic acids is 1. The van der Waals surface area contributed by atoms with Crippen LogP contribution in [-0.4, -0.2) is 24.2 Å². The topological polar surface area (TPSA) is 40.5 Å². The molecule has 0 spiro atoms. The fourth-order valence-corrected chi connectivity index (χ4v) is 1.77. The van der Waals surface area contributed by atoms with Gasteiger partial charge in [-0.05, 0) is 31.6 Å². The van der Waals surface area contributed by atoms with Gasteiger partial charge in [-0.25, -0.2) is 4.79 Å². The summed E-state index contributed by atoms with van der Waals surface area (Å²) in [5.74, 6) is -0.937. The highest BCUT2D eigenvalue weighted by molar-refractivity contribution is 5.87. The highest BCUT2D eigenvalue weighted by Crippen LogP contribution is 2.22. The molecule has 0 aliphatic carbocycles. The second kappa shape index (κ2) is 6.64. The van der Waals surface area contributed by atoms with Crippen molar-refractivity contribution < 1.29 is 9.90 Å². The number of anilines is 1. The number of nitrogens with zero attached hydrogens (tertiary/aromatic N) is 1. The lowest BCUT2D eigenvalue weighted by molar-refractivity contribution is -0.131. The van der Waals surface area contributed by atoms with Crippen LogP contribution >= 0.6 is 0 Å². The van der Waals surface area contributed by atoms with E-state index in [4.69, 9.17) is 5.11 Å². The van der Waals surface area contributed by atoms with Crippen LogP contribution in [0.5, 0.6) is 0 Å². The average Bonchev–Trinajstić information content (AvgIpc) is 2.33. The Hall–Kier alpha value is -2.03. The molecule has 18 heavy (non-hydrogen) atoms. The van der Waals surface area contributed by atoms with Gasteiger partial charge in [0.15, 0.2) is 0 Å². The molecule has 0 heterocycles. The fraction of sp³-hybridized carbons (Fsp3) is 0.267. The first-order valence-electron chi connectivity index (χ1n) is 5.94. The van der Waals surface area contributed by atoms with Crippen molar-refractivity contribution in [2.24, 2.45) is 0 Å². The third-order valence-corrected chi connectivity index (χ3v) is 2.53.